The van der Waals surface area contributed by atoms with Crippen molar-refractivity contribution in [3.05, 3.63) is 89.0 Å². The molecule has 2 aliphatic heterocycles. The zero-order valence-corrected chi connectivity index (χ0v) is 20.8. The number of phenols is 1. The first-order valence-electron chi connectivity index (χ1n) is 12.4. The summed E-state index contributed by atoms with van der Waals surface area (Å²) in [5.41, 5.74) is 3.66. The van der Waals surface area contributed by atoms with Crippen molar-refractivity contribution in [3.63, 3.8) is 0 Å². The van der Waals surface area contributed by atoms with Crippen LogP contribution in [-0.4, -0.2) is 35.7 Å². The Labute approximate surface area is 210 Å². The summed E-state index contributed by atoms with van der Waals surface area (Å²) in [6.07, 6.45) is 0.696. The zero-order chi connectivity index (χ0) is 25.4. The average molecular weight is 492 g/mol. The van der Waals surface area contributed by atoms with Crippen LogP contribution in [0.15, 0.2) is 60.7 Å². The Morgan fingerprint density at radius 1 is 1.06 bits per heavy atom. The van der Waals surface area contributed by atoms with Crippen molar-refractivity contribution in [2.75, 3.05) is 19.7 Å². The molecule has 1 fully saturated rings. The summed E-state index contributed by atoms with van der Waals surface area (Å²) in [5.74, 6) is 0.418. The Bertz CT molecular complexity index is 1290. The Morgan fingerprint density at radius 3 is 2.53 bits per heavy atom. The van der Waals surface area contributed by atoms with Crippen LogP contribution in [0, 0.1) is 17.6 Å². The summed E-state index contributed by atoms with van der Waals surface area (Å²) in [5, 5.41) is 10.0. The fourth-order valence-electron chi connectivity index (χ4n) is 5.14. The first-order chi connectivity index (χ1) is 17.3. The molecule has 3 aromatic rings. The molecule has 0 radical (unpaired) electrons. The number of allylic oxidation sites excluding steroid dienone is 1. The number of ether oxygens (including phenoxy) is 2. The third kappa shape index (κ3) is 4.82. The van der Waals surface area contributed by atoms with Gasteiger partial charge in [-0.3, -0.25) is 4.90 Å². The Kier molecular flexibility index (Phi) is 6.71. The van der Waals surface area contributed by atoms with Gasteiger partial charge in [0.1, 0.15) is 30.0 Å². The molecule has 0 amide bonds. The largest absolute Gasteiger partial charge is 0.508 e. The first kappa shape index (κ1) is 24.3. The normalized spacial score (nSPS) is 20.7. The van der Waals surface area contributed by atoms with Crippen LogP contribution < -0.4 is 9.47 Å². The third-order valence-corrected chi connectivity index (χ3v) is 7.26. The van der Waals surface area contributed by atoms with Crippen LogP contribution in [-0.2, 0) is 0 Å². The topological polar surface area (TPSA) is 41.9 Å². The van der Waals surface area contributed by atoms with E-state index in [0.29, 0.717) is 24.0 Å². The second-order valence-electron chi connectivity index (χ2n) is 9.96. The number of fused-ring (bicyclic) bond motifs is 1. The SMILES string of the molecule is CC1=C(c2ccc(F)c(F)c2)C(c2ccc(OC[C@H](C)N3CC[C@H](C)C3)cc2)Oc2ccc(O)cc21. The van der Waals surface area contributed by atoms with E-state index >= 15 is 0 Å². The highest BCUT2D eigenvalue weighted by molar-refractivity contribution is 5.95. The number of rotatable bonds is 6. The van der Waals surface area contributed by atoms with Gasteiger partial charge in [0, 0.05) is 23.7 Å². The van der Waals surface area contributed by atoms with Gasteiger partial charge in [0.05, 0.1) is 0 Å². The maximum absolute atomic E-state index is 14.2. The summed E-state index contributed by atoms with van der Waals surface area (Å²) in [7, 11) is 0. The lowest BCUT2D eigenvalue weighted by Gasteiger charge is -2.31. The van der Waals surface area contributed by atoms with Gasteiger partial charge in [0.25, 0.3) is 0 Å². The molecule has 0 saturated carbocycles. The van der Waals surface area contributed by atoms with Crippen LogP contribution in [0.2, 0.25) is 0 Å². The van der Waals surface area contributed by atoms with E-state index in [1.165, 1.54) is 12.5 Å². The van der Waals surface area contributed by atoms with Crippen molar-refractivity contribution in [2.45, 2.75) is 39.3 Å². The van der Waals surface area contributed by atoms with E-state index in [0.717, 1.165) is 53.1 Å². The van der Waals surface area contributed by atoms with Crippen molar-refractivity contribution in [3.8, 4) is 17.2 Å². The van der Waals surface area contributed by atoms with Crippen LogP contribution in [0.1, 0.15) is 50.0 Å². The Hall–Kier alpha value is -3.38. The van der Waals surface area contributed by atoms with Crippen molar-refractivity contribution in [1.29, 1.82) is 0 Å². The maximum atomic E-state index is 14.2. The summed E-state index contributed by atoms with van der Waals surface area (Å²) in [4.78, 5) is 2.46. The monoisotopic (exact) mass is 491 g/mol. The molecule has 188 valence electrons. The maximum Gasteiger partial charge on any atom is 0.159 e. The first-order valence-corrected chi connectivity index (χ1v) is 12.4. The molecule has 2 aliphatic rings. The molecule has 0 bridgehead atoms. The van der Waals surface area contributed by atoms with Gasteiger partial charge in [0.15, 0.2) is 11.6 Å². The van der Waals surface area contributed by atoms with Gasteiger partial charge in [0.2, 0.25) is 0 Å². The van der Waals surface area contributed by atoms with E-state index in [2.05, 4.69) is 18.7 Å². The number of phenolic OH excluding ortho intramolecular Hbond substituents is 1. The van der Waals surface area contributed by atoms with Gasteiger partial charge in [-0.2, -0.15) is 0 Å². The number of hydrogen-bond acceptors (Lipinski definition) is 4. The van der Waals surface area contributed by atoms with Crippen molar-refractivity contribution in [1.82, 2.24) is 4.90 Å². The lowest BCUT2D eigenvalue weighted by Crippen LogP contribution is -2.35. The predicted molar refractivity (Wildman–Crippen MR) is 137 cm³/mol. The molecule has 0 aliphatic carbocycles. The second kappa shape index (κ2) is 9.94. The molecule has 1 N–H and O–H groups in total. The number of benzene rings is 3. The summed E-state index contributed by atoms with van der Waals surface area (Å²) in [6.45, 7) is 9.22. The Balaban J connectivity index is 1.42. The molecule has 0 spiro atoms. The minimum absolute atomic E-state index is 0.110. The molecule has 6 heteroatoms. The molecule has 0 aromatic heterocycles. The van der Waals surface area contributed by atoms with Gasteiger partial charge in [-0.15, -0.1) is 0 Å². The quantitative estimate of drug-likeness (QED) is 0.410. The van der Waals surface area contributed by atoms with E-state index < -0.39 is 17.7 Å². The average Bonchev–Trinajstić information content (AvgIpc) is 3.31. The number of hydrogen-bond donors (Lipinski definition) is 1. The lowest BCUT2D eigenvalue weighted by molar-refractivity contribution is 0.169. The Morgan fingerprint density at radius 2 is 1.83 bits per heavy atom. The number of halogens is 2. The van der Waals surface area contributed by atoms with Crippen LogP contribution in [0.25, 0.3) is 11.1 Å². The van der Waals surface area contributed by atoms with Crippen molar-refractivity contribution >= 4 is 11.1 Å². The predicted octanol–water partition coefficient (Wildman–Crippen LogP) is 6.84. The molecule has 1 saturated heterocycles. The number of aromatic hydroxyl groups is 1. The number of likely N-dealkylation sites (tertiary alicyclic amines) is 1. The van der Waals surface area contributed by atoms with Gasteiger partial charge >= 0.3 is 0 Å². The highest BCUT2D eigenvalue weighted by Gasteiger charge is 2.30. The fourth-order valence-corrected chi connectivity index (χ4v) is 5.14. The highest BCUT2D eigenvalue weighted by atomic mass is 19.2. The van der Waals surface area contributed by atoms with Gasteiger partial charge < -0.3 is 14.6 Å². The van der Waals surface area contributed by atoms with Gasteiger partial charge in [-0.25, -0.2) is 8.78 Å². The van der Waals surface area contributed by atoms with E-state index in [-0.39, 0.29) is 5.75 Å². The molecule has 2 heterocycles. The minimum atomic E-state index is -0.918. The lowest BCUT2D eigenvalue weighted by atomic mass is 9.86. The van der Waals surface area contributed by atoms with E-state index in [9.17, 15) is 13.9 Å². The molecule has 3 aromatic carbocycles. The third-order valence-electron chi connectivity index (χ3n) is 7.26. The van der Waals surface area contributed by atoms with Gasteiger partial charge in [-0.1, -0.05) is 25.1 Å². The van der Waals surface area contributed by atoms with Crippen molar-refractivity contribution < 1.29 is 23.4 Å². The second-order valence-corrected chi connectivity index (χ2v) is 9.96. The standard InChI is InChI=1S/C30H31F2NO3/c1-18-12-13-33(16-18)19(2)17-35-24-8-4-21(5-9-24)30-29(22-6-10-26(31)27(32)14-22)20(3)25-15-23(34)7-11-28(25)36-30/h4-11,14-15,18-19,30,34H,12-13,16-17H2,1-3H3/t18-,19-,30?/m0/s1. The molecular formula is C30H31F2NO3. The fraction of sp³-hybridized carbons (Fsp3) is 0.333. The highest BCUT2D eigenvalue weighted by Crippen LogP contribution is 2.47. The summed E-state index contributed by atoms with van der Waals surface area (Å²) < 4.78 is 40.3. The van der Waals surface area contributed by atoms with Gasteiger partial charge in [-0.05, 0) is 91.9 Å². The molecule has 5 rings (SSSR count). The van der Waals surface area contributed by atoms with Crippen LogP contribution in [0.5, 0.6) is 17.2 Å². The zero-order valence-electron chi connectivity index (χ0n) is 20.8. The number of nitrogens with zero attached hydrogens (tertiary/aromatic N) is 1. The molecule has 4 nitrogen and oxygen atoms in total. The van der Waals surface area contributed by atoms with Crippen LogP contribution in [0.3, 0.4) is 0 Å². The molecule has 3 atom stereocenters. The van der Waals surface area contributed by atoms with E-state index in [4.69, 9.17) is 9.47 Å². The smallest absolute Gasteiger partial charge is 0.159 e. The summed E-state index contributed by atoms with van der Waals surface area (Å²) in [6, 6.07) is 16.9. The molecule has 1 unspecified atom stereocenters. The van der Waals surface area contributed by atoms with E-state index in [1.54, 1.807) is 24.3 Å². The van der Waals surface area contributed by atoms with Crippen molar-refractivity contribution in [2.24, 2.45) is 5.92 Å². The summed E-state index contributed by atoms with van der Waals surface area (Å²) >= 11 is 0. The molecule has 36 heavy (non-hydrogen) atoms. The molecular weight excluding hydrogens is 460 g/mol. The van der Waals surface area contributed by atoms with E-state index in [1.807, 2.05) is 31.2 Å². The van der Waals surface area contributed by atoms with Crippen LogP contribution >= 0.6 is 0 Å². The van der Waals surface area contributed by atoms with Crippen LogP contribution in [0.4, 0.5) is 8.78 Å². The minimum Gasteiger partial charge on any atom is -0.508 e.